The summed E-state index contributed by atoms with van der Waals surface area (Å²) >= 11 is 6.01. The molecule has 1 unspecified atom stereocenters. The van der Waals surface area contributed by atoms with Crippen LogP contribution in [0.1, 0.15) is 30.0 Å². The minimum absolute atomic E-state index is 0.468. The first kappa shape index (κ1) is 11.2. The predicted octanol–water partition coefficient (Wildman–Crippen LogP) is 2.54. The van der Waals surface area contributed by atoms with E-state index in [1.807, 2.05) is 6.92 Å². The summed E-state index contributed by atoms with van der Waals surface area (Å²) in [4.78, 5) is 0. The predicted molar refractivity (Wildman–Crippen MR) is 60.4 cm³/mol. The maximum Gasteiger partial charge on any atom is 0.125 e. The molecular formula is C11H13ClN2O2. The van der Waals surface area contributed by atoms with Crippen molar-refractivity contribution in [3.8, 4) is 0 Å². The van der Waals surface area contributed by atoms with Gasteiger partial charge in [-0.05, 0) is 19.9 Å². The Labute approximate surface area is 98.4 Å². The van der Waals surface area contributed by atoms with Crippen LogP contribution in [0.25, 0.3) is 0 Å². The second kappa shape index (κ2) is 4.31. The van der Waals surface area contributed by atoms with Gasteiger partial charge in [-0.1, -0.05) is 11.6 Å². The van der Waals surface area contributed by atoms with Crippen LogP contribution in [-0.2, 0) is 6.54 Å². The summed E-state index contributed by atoms with van der Waals surface area (Å²) in [5.41, 5.74) is 1.32. The van der Waals surface area contributed by atoms with Gasteiger partial charge in [0.25, 0.3) is 0 Å². The first-order valence-electron chi connectivity index (χ1n) is 5.08. The van der Waals surface area contributed by atoms with E-state index in [1.54, 1.807) is 30.1 Å². The van der Waals surface area contributed by atoms with Crippen LogP contribution < -0.4 is 0 Å². The zero-order valence-corrected chi connectivity index (χ0v) is 9.90. The minimum atomic E-state index is -0.798. The van der Waals surface area contributed by atoms with Crippen LogP contribution in [0.5, 0.6) is 0 Å². The van der Waals surface area contributed by atoms with Crippen molar-refractivity contribution in [3.63, 3.8) is 0 Å². The third-order valence-corrected chi connectivity index (χ3v) is 2.88. The van der Waals surface area contributed by atoms with Crippen molar-refractivity contribution >= 4 is 11.6 Å². The zero-order chi connectivity index (χ0) is 11.7. The Morgan fingerprint density at radius 2 is 2.38 bits per heavy atom. The van der Waals surface area contributed by atoms with Gasteiger partial charge < -0.3 is 9.52 Å². The van der Waals surface area contributed by atoms with E-state index in [0.29, 0.717) is 23.0 Å². The summed E-state index contributed by atoms with van der Waals surface area (Å²) in [7, 11) is 0. The quantitative estimate of drug-likeness (QED) is 0.897. The topological polar surface area (TPSA) is 51.2 Å². The van der Waals surface area contributed by atoms with Crippen molar-refractivity contribution in [1.82, 2.24) is 9.78 Å². The summed E-state index contributed by atoms with van der Waals surface area (Å²) in [5, 5.41) is 14.8. The number of furan rings is 1. The van der Waals surface area contributed by atoms with Crippen LogP contribution in [0.4, 0.5) is 0 Å². The van der Waals surface area contributed by atoms with Crippen molar-refractivity contribution < 1.29 is 9.52 Å². The molecule has 16 heavy (non-hydrogen) atoms. The molecule has 0 spiro atoms. The van der Waals surface area contributed by atoms with Crippen LogP contribution in [0.3, 0.4) is 0 Å². The molecular weight excluding hydrogens is 228 g/mol. The van der Waals surface area contributed by atoms with Crippen LogP contribution >= 0.6 is 11.6 Å². The van der Waals surface area contributed by atoms with Crippen molar-refractivity contribution in [2.45, 2.75) is 26.5 Å². The molecule has 0 bridgehead atoms. The molecule has 4 nitrogen and oxygen atoms in total. The van der Waals surface area contributed by atoms with Crippen molar-refractivity contribution in [3.05, 3.63) is 40.6 Å². The molecule has 0 saturated heterocycles. The molecule has 0 saturated carbocycles. The van der Waals surface area contributed by atoms with E-state index in [2.05, 4.69) is 5.10 Å². The number of hydrogen-bond acceptors (Lipinski definition) is 3. The van der Waals surface area contributed by atoms with Gasteiger partial charge in [-0.15, -0.1) is 0 Å². The maximum absolute atomic E-state index is 10.2. The number of hydrogen-bond donors (Lipinski definition) is 1. The van der Waals surface area contributed by atoms with Gasteiger partial charge in [-0.3, -0.25) is 4.68 Å². The monoisotopic (exact) mass is 240 g/mol. The second-order valence-electron chi connectivity index (χ2n) is 3.53. The minimum Gasteiger partial charge on any atom is -0.469 e. The van der Waals surface area contributed by atoms with E-state index in [0.717, 1.165) is 5.56 Å². The lowest BCUT2D eigenvalue weighted by Gasteiger charge is -2.12. The van der Waals surface area contributed by atoms with Gasteiger partial charge in [0.15, 0.2) is 0 Å². The number of halogens is 1. The van der Waals surface area contributed by atoms with Crippen molar-refractivity contribution in [2.24, 2.45) is 0 Å². The molecule has 2 rings (SSSR count). The van der Waals surface area contributed by atoms with E-state index >= 15 is 0 Å². The normalized spacial score (nSPS) is 13.0. The Balaban J connectivity index is 2.44. The van der Waals surface area contributed by atoms with Gasteiger partial charge in [0, 0.05) is 12.1 Å². The molecule has 0 amide bonds. The molecule has 0 fully saturated rings. The number of aliphatic hydroxyl groups excluding tert-OH is 1. The lowest BCUT2D eigenvalue weighted by atomic mass is 10.1. The lowest BCUT2D eigenvalue weighted by Crippen LogP contribution is -2.09. The molecule has 2 heterocycles. The van der Waals surface area contributed by atoms with Crippen LogP contribution in [0.2, 0.25) is 5.02 Å². The highest BCUT2D eigenvalue weighted by atomic mass is 35.5. The van der Waals surface area contributed by atoms with Crippen molar-refractivity contribution in [2.75, 3.05) is 0 Å². The number of aromatic nitrogens is 2. The maximum atomic E-state index is 10.2. The number of nitrogens with zero attached hydrogens (tertiary/aromatic N) is 2. The smallest absolute Gasteiger partial charge is 0.125 e. The number of aliphatic hydroxyl groups is 1. The fraction of sp³-hybridized carbons (Fsp3) is 0.364. The van der Waals surface area contributed by atoms with Gasteiger partial charge in [0.2, 0.25) is 0 Å². The Bertz CT molecular complexity index is 490. The molecule has 2 aromatic rings. The fourth-order valence-corrected chi connectivity index (χ4v) is 1.97. The molecule has 2 aromatic heterocycles. The van der Waals surface area contributed by atoms with Crippen LogP contribution in [0, 0.1) is 6.92 Å². The van der Waals surface area contributed by atoms with Gasteiger partial charge in [0.05, 0.1) is 23.2 Å². The third-order valence-electron chi connectivity index (χ3n) is 2.59. The third kappa shape index (κ3) is 1.74. The summed E-state index contributed by atoms with van der Waals surface area (Å²) in [6, 6.07) is 1.74. The average Bonchev–Trinajstić information content (AvgIpc) is 2.83. The summed E-state index contributed by atoms with van der Waals surface area (Å²) in [6.45, 7) is 4.41. The summed E-state index contributed by atoms with van der Waals surface area (Å²) in [6.07, 6.45) is 2.29. The Hall–Kier alpha value is -1.26. The van der Waals surface area contributed by atoms with E-state index < -0.39 is 6.10 Å². The standard InChI is InChI=1S/C11H13ClN2O2/c1-3-14-10(9(12)6-13-14)11(15)8-4-5-16-7(8)2/h4-6,11,15H,3H2,1-2H3. The lowest BCUT2D eigenvalue weighted by molar-refractivity contribution is 0.206. The summed E-state index contributed by atoms with van der Waals surface area (Å²) in [5.74, 6) is 0.687. The molecule has 0 aromatic carbocycles. The largest absolute Gasteiger partial charge is 0.469 e. The molecule has 0 aliphatic rings. The number of aryl methyl sites for hydroxylation is 2. The molecule has 1 atom stereocenters. The average molecular weight is 241 g/mol. The highest BCUT2D eigenvalue weighted by molar-refractivity contribution is 6.31. The molecule has 86 valence electrons. The van der Waals surface area contributed by atoms with Crippen molar-refractivity contribution in [1.29, 1.82) is 0 Å². The zero-order valence-electron chi connectivity index (χ0n) is 9.14. The summed E-state index contributed by atoms with van der Waals surface area (Å²) < 4.78 is 6.84. The van der Waals surface area contributed by atoms with Gasteiger partial charge in [-0.25, -0.2) is 0 Å². The second-order valence-corrected chi connectivity index (χ2v) is 3.94. The fourth-order valence-electron chi connectivity index (χ4n) is 1.72. The van der Waals surface area contributed by atoms with E-state index in [9.17, 15) is 5.11 Å². The Kier molecular flexibility index (Phi) is 3.03. The highest BCUT2D eigenvalue weighted by Crippen LogP contribution is 2.30. The SMILES string of the molecule is CCn1ncc(Cl)c1C(O)c1ccoc1C. The molecule has 1 N–H and O–H groups in total. The highest BCUT2D eigenvalue weighted by Gasteiger charge is 2.21. The Morgan fingerprint density at radius 1 is 1.62 bits per heavy atom. The molecule has 0 aliphatic carbocycles. The molecule has 0 aliphatic heterocycles. The van der Waals surface area contributed by atoms with Crippen LogP contribution in [-0.4, -0.2) is 14.9 Å². The first-order chi connectivity index (χ1) is 7.65. The van der Waals surface area contributed by atoms with E-state index in [1.165, 1.54) is 0 Å². The van der Waals surface area contributed by atoms with E-state index in [4.69, 9.17) is 16.0 Å². The van der Waals surface area contributed by atoms with Gasteiger partial charge >= 0.3 is 0 Å². The first-order valence-corrected chi connectivity index (χ1v) is 5.46. The van der Waals surface area contributed by atoms with Crippen LogP contribution in [0.15, 0.2) is 22.9 Å². The molecule has 5 heteroatoms. The van der Waals surface area contributed by atoms with Gasteiger partial charge in [0.1, 0.15) is 11.9 Å². The Morgan fingerprint density at radius 3 is 2.94 bits per heavy atom. The number of rotatable bonds is 3. The van der Waals surface area contributed by atoms with Gasteiger partial charge in [-0.2, -0.15) is 5.10 Å². The van der Waals surface area contributed by atoms with E-state index in [-0.39, 0.29) is 0 Å². The molecule has 0 radical (unpaired) electrons.